The van der Waals surface area contributed by atoms with E-state index in [0.29, 0.717) is 24.4 Å². The Morgan fingerprint density at radius 3 is 2.63 bits per heavy atom. The van der Waals surface area contributed by atoms with Crippen molar-refractivity contribution in [3.8, 4) is 6.07 Å². The quantitative estimate of drug-likeness (QED) is 0.726. The van der Waals surface area contributed by atoms with Crippen molar-refractivity contribution in [2.75, 3.05) is 18.2 Å². The minimum absolute atomic E-state index is 0.0407. The Kier molecular flexibility index (Phi) is 6.29. The minimum Gasteiger partial charge on any atom is -0.212 e. The van der Waals surface area contributed by atoms with Gasteiger partial charge in [-0.1, -0.05) is 25.1 Å². The van der Waals surface area contributed by atoms with Crippen LogP contribution in [0.4, 0.5) is 0 Å². The number of halogens is 1. The Labute approximate surface area is 119 Å². The van der Waals surface area contributed by atoms with Crippen LogP contribution in [0.25, 0.3) is 0 Å². The predicted molar refractivity (Wildman–Crippen MR) is 76.4 cm³/mol. The molecule has 4 nitrogen and oxygen atoms in total. The number of nitriles is 1. The fraction of sp³-hybridized carbons (Fsp3) is 0.462. The molecule has 0 aliphatic carbocycles. The maximum Gasteiger partial charge on any atom is 0.214 e. The maximum absolute atomic E-state index is 12.1. The first kappa shape index (κ1) is 16.0. The highest BCUT2D eigenvalue weighted by Crippen LogP contribution is 2.14. The van der Waals surface area contributed by atoms with Gasteiger partial charge in [0.1, 0.15) is 0 Å². The number of hydrogen-bond donors (Lipinski definition) is 0. The molecule has 0 aliphatic heterocycles. The van der Waals surface area contributed by atoms with Crippen LogP contribution in [0.1, 0.15) is 24.5 Å². The van der Waals surface area contributed by atoms with Crippen molar-refractivity contribution in [3.05, 3.63) is 35.4 Å². The van der Waals surface area contributed by atoms with E-state index >= 15 is 0 Å². The first-order valence-corrected chi connectivity index (χ1v) is 8.21. The fourth-order valence-corrected chi connectivity index (χ4v) is 3.52. The molecule has 0 bridgehead atoms. The topological polar surface area (TPSA) is 61.2 Å². The Hall–Kier alpha value is -1.09. The minimum atomic E-state index is -3.32. The van der Waals surface area contributed by atoms with E-state index in [-0.39, 0.29) is 12.3 Å². The lowest BCUT2D eigenvalue weighted by atomic mass is 10.1. The number of rotatable bonds is 7. The molecule has 0 saturated carbocycles. The maximum atomic E-state index is 12.1. The van der Waals surface area contributed by atoms with Gasteiger partial charge in [-0.25, -0.2) is 8.42 Å². The Bertz CT molecular complexity index is 552. The summed E-state index contributed by atoms with van der Waals surface area (Å²) in [5.74, 6) is 0.366. The first-order valence-electron chi connectivity index (χ1n) is 6.07. The van der Waals surface area contributed by atoms with E-state index < -0.39 is 10.0 Å². The first-order chi connectivity index (χ1) is 9.05. The summed E-state index contributed by atoms with van der Waals surface area (Å²) in [7, 11) is -3.32. The molecular formula is C13H17ClN2O2S. The zero-order valence-electron chi connectivity index (χ0n) is 10.8. The third-order valence-corrected chi connectivity index (χ3v) is 5.01. The van der Waals surface area contributed by atoms with Gasteiger partial charge in [0.15, 0.2) is 0 Å². The Balaban J connectivity index is 2.91. The van der Waals surface area contributed by atoms with E-state index in [1.54, 1.807) is 31.2 Å². The van der Waals surface area contributed by atoms with Crippen molar-refractivity contribution in [1.29, 1.82) is 5.26 Å². The molecule has 0 amide bonds. The molecule has 0 aliphatic rings. The summed E-state index contributed by atoms with van der Waals surface area (Å²) in [4.78, 5) is 0. The second-order valence-corrected chi connectivity index (χ2v) is 6.52. The number of benzene rings is 1. The molecule has 104 valence electrons. The van der Waals surface area contributed by atoms with E-state index in [1.165, 1.54) is 4.31 Å². The van der Waals surface area contributed by atoms with E-state index in [1.807, 2.05) is 0 Å². The van der Waals surface area contributed by atoms with Crippen LogP contribution < -0.4 is 0 Å². The third kappa shape index (κ3) is 4.50. The van der Waals surface area contributed by atoms with E-state index in [9.17, 15) is 8.42 Å². The zero-order valence-corrected chi connectivity index (χ0v) is 12.4. The van der Waals surface area contributed by atoms with Gasteiger partial charge in [0, 0.05) is 19.0 Å². The molecule has 0 fully saturated rings. The highest BCUT2D eigenvalue weighted by Gasteiger charge is 2.20. The van der Waals surface area contributed by atoms with Crippen LogP contribution >= 0.6 is 11.6 Å². The van der Waals surface area contributed by atoms with Gasteiger partial charge in [0.25, 0.3) is 0 Å². The summed E-state index contributed by atoms with van der Waals surface area (Å²) in [6.07, 6.45) is 0.431. The van der Waals surface area contributed by atoms with Gasteiger partial charge >= 0.3 is 0 Å². The summed E-state index contributed by atoms with van der Waals surface area (Å²) < 4.78 is 25.6. The fourth-order valence-electron chi connectivity index (χ4n) is 1.73. The van der Waals surface area contributed by atoms with Crippen LogP contribution in [0, 0.1) is 11.3 Å². The number of nitrogens with zero attached hydrogens (tertiary/aromatic N) is 2. The van der Waals surface area contributed by atoms with Crippen LogP contribution in [0.15, 0.2) is 24.3 Å². The smallest absolute Gasteiger partial charge is 0.212 e. The number of hydrogen-bond acceptors (Lipinski definition) is 3. The van der Waals surface area contributed by atoms with Gasteiger partial charge in [0.05, 0.1) is 17.4 Å². The molecule has 1 rings (SSSR count). The normalized spacial score (nSPS) is 11.5. The molecule has 0 radical (unpaired) electrons. The molecule has 0 aromatic heterocycles. The van der Waals surface area contributed by atoms with Gasteiger partial charge in [-0.3, -0.25) is 0 Å². The van der Waals surface area contributed by atoms with Crippen LogP contribution in [-0.2, 0) is 16.6 Å². The van der Waals surface area contributed by atoms with Crippen molar-refractivity contribution in [2.45, 2.75) is 19.9 Å². The van der Waals surface area contributed by atoms with Crippen molar-refractivity contribution in [2.24, 2.45) is 0 Å². The average Bonchev–Trinajstić information content (AvgIpc) is 2.42. The van der Waals surface area contributed by atoms with Gasteiger partial charge in [-0.05, 0) is 18.1 Å². The summed E-state index contributed by atoms with van der Waals surface area (Å²) in [6, 6.07) is 9.11. The van der Waals surface area contributed by atoms with Crippen LogP contribution in [0.5, 0.6) is 0 Å². The van der Waals surface area contributed by atoms with Crippen molar-refractivity contribution < 1.29 is 8.42 Å². The molecule has 1 aromatic carbocycles. The molecule has 1 aromatic rings. The van der Waals surface area contributed by atoms with E-state index in [0.717, 1.165) is 5.56 Å². The standard InChI is InChI=1S/C13H17ClN2O2S/c1-2-16(19(17,18)9-5-8-14)11-13-7-4-3-6-12(13)10-15/h3-4,6-7H,2,5,8-9,11H2,1H3. The molecule has 0 atom stereocenters. The van der Waals surface area contributed by atoms with Crippen molar-refractivity contribution in [1.82, 2.24) is 4.31 Å². The van der Waals surface area contributed by atoms with Gasteiger partial charge in [0.2, 0.25) is 10.0 Å². The lowest BCUT2D eigenvalue weighted by Gasteiger charge is -2.20. The van der Waals surface area contributed by atoms with Crippen LogP contribution in [-0.4, -0.2) is 30.9 Å². The molecule has 0 heterocycles. The van der Waals surface area contributed by atoms with Crippen molar-refractivity contribution >= 4 is 21.6 Å². The number of sulfonamides is 1. The third-order valence-electron chi connectivity index (χ3n) is 2.77. The van der Waals surface area contributed by atoms with Gasteiger partial charge in [-0.2, -0.15) is 9.57 Å². The van der Waals surface area contributed by atoms with Crippen molar-refractivity contribution in [3.63, 3.8) is 0 Å². The summed E-state index contributed by atoms with van der Waals surface area (Å²) in [6.45, 7) is 2.39. The SMILES string of the molecule is CCN(Cc1ccccc1C#N)S(=O)(=O)CCCCl. The summed E-state index contributed by atoms with van der Waals surface area (Å²) in [5.41, 5.74) is 1.23. The molecule has 6 heteroatoms. The predicted octanol–water partition coefficient (Wildman–Crippen LogP) is 2.34. The lowest BCUT2D eigenvalue weighted by molar-refractivity contribution is 0.423. The molecular weight excluding hydrogens is 284 g/mol. The summed E-state index contributed by atoms with van der Waals surface area (Å²) in [5, 5.41) is 9.01. The van der Waals surface area contributed by atoms with Gasteiger partial charge < -0.3 is 0 Å². The molecule has 0 unspecified atom stereocenters. The largest absolute Gasteiger partial charge is 0.214 e. The summed E-state index contributed by atoms with van der Waals surface area (Å²) >= 11 is 5.54. The number of alkyl halides is 1. The molecule has 0 saturated heterocycles. The second-order valence-electron chi connectivity index (χ2n) is 4.05. The monoisotopic (exact) mass is 300 g/mol. The second kappa shape index (κ2) is 7.49. The zero-order chi connectivity index (χ0) is 14.3. The molecule has 0 spiro atoms. The van der Waals surface area contributed by atoms with E-state index in [2.05, 4.69) is 6.07 Å². The van der Waals surface area contributed by atoms with E-state index in [4.69, 9.17) is 16.9 Å². The average molecular weight is 301 g/mol. The van der Waals surface area contributed by atoms with Crippen LogP contribution in [0.2, 0.25) is 0 Å². The van der Waals surface area contributed by atoms with Gasteiger partial charge in [-0.15, -0.1) is 11.6 Å². The van der Waals surface area contributed by atoms with Crippen LogP contribution in [0.3, 0.4) is 0 Å². The molecule has 0 N–H and O–H groups in total. The Morgan fingerprint density at radius 2 is 2.05 bits per heavy atom. The lowest BCUT2D eigenvalue weighted by Crippen LogP contribution is -2.32. The highest BCUT2D eigenvalue weighted by atomic mass is 35.5. The molecule has 19 heavy (non-hydrogen) atoms. The highest BCUT2D eigenvalue weighted by molar-refractivity contribution is 7.89. The Morgan fingerprint density at radius 1 is 1.37 bits per heavy atom.